The second-order valence-electron chi connectivity index (χ2n) is 4.78. The zero-order valence-corrected chi connectivity index (χ0v) is 13.0. The molecule has 0 aliphatic heterocycles. The Bertz CT molecular complexity index is 485. The van der Waals surface area contributed by atoms with Crippen LogP contribution in [-0.4, -0.2) is 27.4 Å². The molecule has 0 fully saturated rings. The molecule has 0 bridgehead atoms. The molecule has 0 saturated heterocycles. The van der Waals surface area contributed by atoms with E-state index in [9.17, 15) is 8.42 Å². The van der Waals surface area contributed by atoms with E-state index >= 15 is 0 Å². The standard InChI is InChI=1S/C13H20ClNO3S/c1-10(2)8-11(9-14)15-19(16,17)13-6-4-12(18-3)5-7-13/h4-7,10-11,15H,8-9H2,1-3H3. The number of hydrogen-bond donors (Lipinski definition) is 1. The smallest absolute Gasteiger partial charge is 0.240 e. The van der Waals surface area contributed by atoms with Gasteiger partial charge in [-0.15, -0.1) is 11.6 Å². The fourth-order valence-electron chi connectivity index (χ4n) is 1.75. The van der Waals surface area contributed by atoms with E-state index in [-0.39, 0.29) is 16.8 Å². The zero-order valence-electron chi connectivity index (χ0n) is 11.4. The molecule has 1 unspecified atom stereocenters. The lowest BCUT2D eigenvalue weighted by Crippen LogP contribution is -2.37. The molecule has 0 aliphatic carbocycles. The molecular formula is C13H20ClNO3S. The van der Waals surface area contributed by atoms with E-state index in [1.54, 1.807) is 12.1 Å². The highest BCUT2D eigenvalue weighted by atomic mass is 35.5. The summed E-state index contributed by atoms with van der Waals surface area (Å²) in [5.74, 6) is 1.26. The van der Waals surface area contributed by atoms with Crippen LogP contribution in [0.1, 0.15) is 20.3 Å². The van der Waals surface area contributed by atoms with Crippen LogP contribution in [0.3, 0.4) is 0 Å². The second-order valence-corrected chi connectivity index (χ2v) is 6.80. The van der Waals surface area contributed by atoms with Crippen molar-refractivity contribution in [2.45, 2.75) is 31.2 Å². The molecule has 108 valence electrons. The van der Waals surface area contributed by atoms with Gasteiger partial charge in [-0.2, -0.15) is 0 Å². The minimum atomic E-state index is -3.53. The van der Waals surface area contributed by atoms with Gasteiger partial charge in [-0.25, -0.2) is 13.1 Å². The fraction of sp³-hybridized carbons (Fsp3) is 0.538. The van der Waals surface area contributed by atoms with Gasteiger partial charge in [-0.05, 0) is 36.6 Å². The minimum Gasteiger partial charge on any atom is -0.497 e. The number of ether oxygens (including phenoxy) is 1. The molecule has 0 heterocycles. The molecule has 0 amide bonds. The van der Waals surface area contributed by atoms with Gasteiger partial charge in [-0.1, -0.05) is 13.8 Å². The van der Waals surface area contributed by atoms with Crippen LogP contribution in [0.25, 0.3) is 0 Å². The lowest BCUT2D eigenvalue weighted by molar-refractivity contribution is 0.414. The largest absolute Gasteiger partial charge is 0.497 e. The van der Waals surface area contributed by atoms with E-state index in [1.807, 2.05) is 13.8 Å². The summed E-state index contributed by atoms with van der Waals surface area (Å²) in [6.45, 7) is 4.06. The summed E-state index contributed by atoms with van der Waals surface area (Å²) in [6, 6.07) is 6.01. The Hall–Kier alpha value is -0.780. The van der Waals surface area contributed by atoms with Crippen LogP contribution in [0, 0.1) is 5.92 Å². The molecule has 19 heavy (non-hydrogen) atoms. The molecule has 0 aliphatic rings. The number of hydrogen-bond acceptors (Lipinski definition) is 3. The number of halogens is 1. The first-order valence-electron chi connectivity index (χ1n) is 6.11. The fourth-order valence-corrected chi connectivity index (χ4v) is 3.30. The predicted molar refractivity (Wildman–Crippen MR) is 77.3 cm³/mol. The summed E-state index contributed by atoms with van der Waals surface area (Å²) in [6.07, 6.45) is 0.707. The van der Waals surface area contributed by atoms with Crippen molar-refractivity contribution in [3.8, 4) is 5.75 Å². The second kappa shape index (κ2) is 7.12. The highest BCUT2D eigenvalue weighted by molar-refractivity contribution is 7.89. The normalized spacial score (nSPS) is 13.5. The van der Waals surface area contributed by atoms with E-state index in [2.05, 4.69) is 4.72 Å². The Labute approximate surface area is 120 Å². The number of methoxy groups -OCH3 is 1. The van der Waals surface area contributed by atoms with E-state index in [0.717, 1.165) is 0 Å². The van der Waals surface area contributed by atoms with Gasteiger partial charge < -0.3 is 4.74 Å². The third-order valence-corrected chi connectivity index (χ3v) is 4.54. The van der Waals surface area contributed by atoms with Crippen molar-refractivity contribution >= 4 is 21.6 Å². The van der Waals surface area contributed by atoms with Crippen LogP contribution >= 0.6 is 11.6 Å². The Morgan fingerprint density at radius 2 is 1.84 bits per heavy atom. The third kappa shape index (κ3) is 5.01. The van der Waals surface area contributed by atoms with Crippen molar-refractivity contribution in [3.05, 3.63) is 24.3 Å². The maximum Gasteiger partial charge on any atom is 0.240 e. The molecule has 1 aromatic rings. The Balaban J connectivity index is 2.84. The average molecular weight is 306 g/mol. The predicted octanol–water partition coefficient (Wildman–Crippen LogP) is 2.63. The quantitative estimate of drug-likeness (QED) is 0.788. The zero-order chi connectivity index (χ0) is 14.5. The van der Waals surface area contributed by atoms with Crippen LogP contribution < -0.4 is 9.46 Å². The van der Waals surface area contributed by atoms with Crippen molar-refractivity contribution in [2.24, 2.45) is 5.92 Å². The van der Waals surface area contributed by atoms with Gasteiger partial charge in [0.25, 0.3) is 0 Å². The summed E-state index contributed by atoms with van der Waals surface area (Å²) in [7, 11) is -2.00. The van der Waals surface area contributed by atoms with Crippen LogP contribution in [0.2, 0.25) is 0 Å². The highest BCUT2D eigenvalue weighted by Gasteiger charge is 2.20. The van der Waals surface area contributed by atoms with Gasteiger partial charge in [0.1, 0.15) is 5.75 Å². The van der Waals surface area contributed by atoms with E-state index < -0.39 is 10.0 Å². The molecule has 1 rings (SSSR count). The molecule has 1 atom stereocenters. The van der Waals surface area contributed by atoms with Gasteiger partial charge in [0, 0.05) is 11.9 Å². The maximum atomic E-state index is 12.2. The topological polar surface area (TPSA) is 55.4 Å². The van der Waals surface area contributed by atoms with E-state index in [1.165, 1.54) is 19.2 Å². The van der Waals surface area contributed by atoms with E-state index in [4.69, 9.17) is 16.3 Å². The first-order valence-corrected chi connectivity index (χ1v) is 8.13. The summed E-state index contributed by atoms with van der Waals surface area (Å²) in [5.41, 5.74) is 0. The molecular weight excluding hydrogens is 286 g/mol. The van der Waals surface area contributed by atoms with Crippen LogP contribution in [0.5, 0.6) is 5.75 Å². The van der Waals surface area contributed by atoms with Crippen LogP contribution in [-0.2, 0) is 10.0 Å². The van der Waals surface area contributed by atoms with Crippen LogP contribution in [0.15, 0.2) is 29.2 Å². The number of alkyl halides is 1. The molecule has 0 saturated carbocycles. The SMILES string of the molecule is COc1ccc(S(=O)(=O)NC(CCl)CC(C)C)cc1. The van der Waals surface area contributed by atoms with Gasteiger partial charge >= 0.3 is 0 Å². The lowest BCUT2D eigenvalue weighted by atomic mass is 10.1. The van der Waals surface area contributed by atoms with Gasteiger partial charge in [0.05, 0.1) is 12.0 Å². The maximum absolute atomic E-state index is 12.2. The first-order chi connectivity index (χ1) is 8.89. The minimum absolute atomic E-state index is 0.215. The highest BCUT2D eigenvalue weighted by Crippen LogP contribution is 2.17. The van der Waals surface area contributed by atoms with Crippen molar-refractivity contribution in [3.63, 3.8) is 0 Å². The Morgan fingerprint density at radius 3 is 2.26 bits per heavy atom. The Morgan fingerprint density at radius 1 is 1.26 bits per heavy atom. The molecule has 6 heteroatoms. The molecule has 1 N–H and O–H groups in total. The molecule has 0 spiro atoms. The summed E-state index contributed by atoms with van der Waals surface area (Å²) in [4.78, 5) is 0.215. The van der Waals surface area contributed by atoms with Gasteiger partial charge in [0.15, 0.2) is 0 Å². The molecule has 4 nitrogen and oxygen atoms in total. The number of rotatable bonds is 7. The molecule has 1 aromatic carbocycles. The lowest BCUT2D eigenvalue weighted by Gasteiger charge is -2.18. The van der Waals surface area contributed by atoms with Crippen molar-refractivity contribution in [1.82, 2.24) is 4.72 Å². The monoisotopic (exact) mass is 305 g/mol. The van der Waals surface area contributed by atoms with Crippen LogP contribution in [0.4, 0.5) is 0 Å². The first kappa shape index (κ1) is 16.3. The number of sulfonamides is 1. The van der Waals surface area contributed by atoms with Gasteiger partial charge in [0.2, 0.25) is 10.0 Å². The average Bonchev–Trinajstić information content (AvgIpc) is 2.37. The summed E-state index contributed by atoms with van der Waals surface area (Å²) >= 11 is 5.81. The van der Waals surface area contributed by atoms with E-state index in [0.29, 0.717) is 18.1 Å². The number of nitrogens with one attached hydrogen (secondary N) is 1. The van der Waals surface area contributed by atoms with Crippen molar-refractivity contribution in [1.29, 1.82) is 0 Å². The summed E-state index contributed by atoms with van der Waals surface area (Å²) < 4.78 is 32.0. The van der Waals surface area contributed by atoms with Crippen molar-refractivity contribution < 1.29 is 13.2 Å². The third-order valence-electron chi connectivity index (χ3n) is 2.63. The summed E-state index contributed by atoms with van der Waals surface area (Å²) in [5, 5.41) is 0. The Kier molecular flexibility index (Phi) is 6.10. The number of benzene rings is 1. The molecule has 0 aromatic heterocycles. The molecule has 0 radical (unpaired) electrons. The van der Waals surface area contributed by atoms with Crippen molar-refractivity contribution in [2.75, 3.05) is 13.0 Å². The van der Waals surface area contributed by atoms with Gasteiger partial charge in [-0.3, -0.25) is 0 Å².